The van der Waals surface area contributed by atoms with E-state index in [2.05, 4.69) is 10.5 Å². The first kappa shape index (κ1) is 18.0. The van der Waals surface area contributed by atoms with Gasteiger partial charge in [-0.1, -0.05) is 29.4 Å². The van der Waals surface area contributed by atoms with Crippen molar-refractivity contribution < 1.29 is 24.6 Å². The summed E-state index contributed by atoms with van der Waals surface area (Å²) in [6, 6.07) is 13.5. The van der Waals surface area contributed by atoms with Crippen molar-refractivity contribution in [2.24, 2.45) is 5.16 Å². The molecule has 0 aliphatic carbocycles. The van der Waals surface area contributed by atoms with E-state index in [4.69, 9.17) is 15.1 Å². The Morgan fingerprint density at radius 2 is 1.76 bits per heavy atom. The molecule has 0 saturated carbocycles. The van der Waals surface area contributed by atoms with Crippen LogP contribution in [-0.4, -0.2) is 35.0 Å². The van der Waals surface area contributed by atoms with Gasteiger partial charge in [-0.15, -0.1) is 0 Å². The standard InChI is InChI=1S/C18H18N2O5/c1-25-16-5-3-2-4-14(16)18(23)19-13-8-6-12(7-9-13)15(20-24)10-11-17(21)22/h2-9,24H,10-11H2,1H3,(H,19,23)(H,21,22). The molecule has 0 unspecified atom stereocenters. The smallest absolute Gasteiger partial charge is 0.303 e. The Hall–Kier alpha value is -3.35. The van der Waals surface area contributed by atoms with E-state index >= 15 is 0 Å². The molecule has 3 N–H and O–H groups in total. The second-order valence-electron chi connectivity index (χ2n) is 5.17. The van der Waals surface area contributed by atoms with Gasteiger partial charge in [0.2, 0.25) is 0 Å². The van der Waals surface area contributed by atoms with Crippen LogP contribution in [0.5, 0.6) is 5.75 Å². The zero-order valence-electron chi connectivity index (χ0n) is 13.6. The number of hydrogen-bond acceptors (Lipinski definition) is 5. The molecule has 130 valence electrons. The third-order valence-corrected chi connectivity index (χ3v) is 3.52. The van der Waals surface area contributed by atoms with Crippen LogP contribution in [0.4, 0.5) is 5.69 Å². The van der Waals surface area contributed by atoms with Gasteiger partial charge in [-0.05, 0) is 29.8 Å². The Morgan fingerprint density at radius 3 is 2.36 bits per heavy atom. The lowest BCUT2D eigenvalue weighted by atomic mass is 10.1. The molecule has 0 saturated heterocycles. The van der Waals surface area contributed by atoms with Crippen LogP contribution >= 0.6 is 0 Å². The molecule has 0 heterocycles. The average Bonchev–Trinajstić information content (AvgIpc) is 2.63. The second-order valence-corrected chi connectivity index (χ2v) is 5.17. The van der Waals surface area contributed by atoms with Crippen LogP contribution in [0, 0.1) is 0 Å². The van der Waals surface area contributed by atoms with Crippen LogP contribution in [-0.2, 0) is 4.79 Å². The Balaban J connectivity index is 2.09. The van der Waals surface area contributed by atoms with Gasteiger partial charge in [-0.25, -0.2) is 0 Å². The van der Waals surface area contributed by atoms with Crippen LogP contribution in [0.2, 0.25) is 0 Å². The number of benzene rings is 2. The first-order valence-corrected chi connectivity index (χ1v) is 7.52. The fourth-order valence-corrected chi connectivity index (χ4v) is 2.25. The molecule has 0 aromatic heterocycles. The number of nitrogens with zero attached hydrogens (tertiary/aromatic N) is 1. The molecule has 1 amide bonds. The number of oxime groups is 1. The number of rotatable bonds is 7. The van der Waals surface area contributed by atoms with Crippen LogP contribution in [0.15, 0.2) is 53.7 Å². The summed E-state index contributed by atoms with van der Waals surface area (Å²) in [6.07, 6.45) is -0.0234. The minimum absolute atomic E-state index is 0.110. The molecule has 7 nitrogen and oxygen atoms in total. The highest BCUT2D eigenvalue weighted by atomic mass is 16.5. The lowest BCUT2D eigenvalue weighted by molar-refractivity contribution is -0.136. The van der Waals surface area contributed by atoms with Crippen molar-refractivity contribution in [3.05, 3.63) is 59.7 Å². The third-order valence-electron chi connectivity index (χ3n) is 3.52. The van der Waals surface area contributed by atoms with Crippen LogP contribution in [0.3, 0.4) is 0 Å². The van der Waals surface area contributed by atoms with E-state index in [1.165, 1.54) is 7.11 Å². The molecule has 0 atom stereocenters. The maximum atomic E-state index is 12.3. The number of methoxy groups -OCH3 is 1. The summed E-state index contributed by atoms with van der Waals surface area (Å²) < 4.78 is 5.16. The summed E-state index contributed by atoms with van der Waals surface area (Å²) in [6.45, 7) is 0. The summed E-state index contributed by atoms with van der Waals surface area (Å²) in [7, 11) is 1.49. The molecule has 0 radical (unpaired) electrons. The number of carboxylic acid groups (broad SMARTS) is 1. The summed E-state index contributed by atoms with van der Waals surface area (Å²) in [5.41, 5.74) is 1.81. The van der Waals surface area contributed by atoms with E-state index in [0.29, 0.717) is 22.6 Å². The lowest BCUT2D eigenvalue weighted by Gasteiger charge is -2.10. The van der Waals surface area contributed by atoms with Gasteiger partial charge >= 0.3 is 5.97 Å². The van der Waals surface area contributed by atoms with E-state index in [9.17, 15) is 9.59 Å². The average molecular weight is 342 g/mol. The summed E-state index contributed by atoms with van der Waals surface area (Å²) >= 11 is 0. The van der Waals surface area contributed by atoms with Crippen LogP contribution < -0.4 is 10.1 Å². The number of aliphatic carboxylic acids is 1. The maximum absolute atomic E-state index is 12.3. The monoisotopic (exact) mass is 342 g/mol. The Kier molecular flexibility index (Phi) is 6.11. The number of carboxylic acids is 1. The van der Waals surface area contributed by atoms with Crippen molar-refractivity contribution in [3.8, 4) is 5.75 Å². The summed E-state index contributed by atoms with van der Waals surface area (Å²) in [5.74, 6) is -0.811. The molecule has 0 aliphatic rings. The molecular weight excluding hydrogens is 324 g/mol. The molecule has 25 heavy (non-hydrogen) atoms. The zero-order chi connectivity index (χ0) is 18.2. The number of ether oxygens (including phenoxy) is 1. The number of anilines is 1. The fraction of sp³-hybridized carbons (Fsp3) is 0.167. The minimum atomic E-state index is -0.971. The molecule has 0 bridgehead atoms. The largest absolute Gasteiger partial charge is 0.496 e. The lowest BCUT2D eigenvalue weighted by Crippen LogP contribution is -2.13. The highest BCUT2D eigenvalue weighted by Crippen LogP contribution is 2.19. The van der Waals surface area contributed by atoms with Crippen molar-refractivity contribution in [2.75, 3.05) is 12.4 Å². The number of nitrogens with one attached hydrogen (secondary N) is 1. The number of para-hydroxylation sites is 1. The Bertz CT molecular complexity index is 784. The predicted octanol–water partition coefficient (Wildman–Crippen LogP) is 2.99. The number of hydrogen-bond donors (Lipinski definition) is 3. The normalized spacial score (nSPS) is 11.0. The molecular formula is C18H18N2O5. The molecule has 2 aromatic carbocycles. The van der Waals surface area contributed by atoms with Gasteiger partial charge in [0, 0.05) is 12.1 Å². The van der Waals surface area contributed by atoms with E-state index in [1.54, 1.807) is 48.5 Å². The maximum Gasteiger partial charge on any atom is 0.303 e. The first-order chi connectivity index (χ1) is 12.0. The molecule has 0 spiro atoms. The molecule has 2 aromatic rings. The Labute approximate surface area is 144 Å². The van der Waals surface area contributed by atoms with Crippen LogP contribution in [0.25, 0.3) is 0 Å². The topological polar surface area (TPSA) is 108 Å². The van der Waals surface area contributed by atoms with Gasteiger partial charge in [-0.3, -0.25) is 9.59 Å². The SMILES string of the molecule is COc1ccccc1C(=O)Nc1ccc(C(CCC(=O)O)=NO)cc1. The fourth-order valence-electron chi connectivity index (χ4n) is 2.25. The number of carbonyl (C=O) groups is 2. The Morgan fingerprint density at radius 1 is 1.08 bits per heavy atom. The highest BCUT2D eigenvalue weighted by molar-refractivity contribution is 6.06. The van der Waals surface area contributed by atoms with Gasteiger partial charge in [0.05, 0.1) is 24.8 Å². The van der Waals surface area contributed by atoms with Gasteiger partial charge in [0.15, 0.2) is 0 Å². The molecule has 0 aliphatic heterocycles. The second kappa shape index (κ2) is 8.49. The minimum Gasteiger partial charge on any atom is -0.496 e. The molecule has 7 heteroatoms. The van der Waals surface area contributed by atoms with E-state index in [1.807, 2.05) is 0 Å². The highest BCUT2D eigenvalue weighted by Gasteiger charge is 2.12. The quantitative estimate of drug-likeness (QED) is 0.407. The van der Waals surface area contributed by atoms with Crippen LogP contribution in [0.1, 0.15) is 28.8 Å². The molecule has 0 fully saturated rings. The summed E-state index contributed by atoms with van der Waals surface area (Å²) in [4.78, 5) is 22.9. The van der Waals surface area contributed by atoms with Crippen molar-refractivity contribution >= 4 is 23.3 Å². The van der Waals surface area contributed by atoms with Gasteiger partial charge < -0.3 is 20.4 Å². The van der Waals surface area contributed by atoms with Crippen molar-refractivity contribution in [3.63, 3.8) is 0 Å². The van der Waals surface area contributed by atoms with E-state index in [-0.39, 0.29) is 24.5 Å². The first-order valence-electron chi connectivity index (χ1n) is 7.52. The molecule has 2 rings (SSSR count). The van der Waals surface area contributed by atoms with Gasteiger partial charge in [0.25, 0.3) is 5.91 Å². The predicted molar refractivity (Wildman–Crippen MR) is 92.6 cm³/mol. The van der Waals surface area contributed by atoms with Crippen molar-refractivity contribution in [2.45, 2.75) is 12.8 Å². The van der Waals surface area contributed by atoms with Crippen molar-refractivity contribution in [1.82, 2.24) is 0 Å². The third kappa shape index (κ3) is 4.81. The summed E-state index contributed by atoms with van der Waals surface area (Å²) in [5, 5.41) is 23.6. The van der Waals surface area contributed by atoms with Gasteiger partial charge in [0.1, 0.15) is 5.75 Å². The number of carbonyl (C=O) groups excluding carboxylic acids is 1. The van der Waals surface area contributed by atoms with Gasteiger partial charge in [-0.2, -0.15) is 0 Å². The number of amides is 1. The van der Waals surface area contributed by atoms with Crippen molar-refractivity contribution in [1.29, 1.82) is 0 Å². The van der Waals surface area contributed by atoms with E-state index < -0.39 is 5.97 Å². The van der Waals surface area contributed by atoms with E-state index in [0.717, 1.165) is 0 Å². The zero-order valence-corrected chi connectivity index (χ0v) is 13.6.